The minimum absolute atomic E-state index is 0.00586. The largest absolute Gasteiger partial charge is 0.497 e. The number of morpholine rings is 1. The van der Waals surface area contributed by atoms with Gasteiger partial charge >= 0.3 is 0 Å². The quantitative estimate of drug-likeness (QED) is 0.861. The highest BCUT2D eigenvalue weighted by Gasteiger charge is 2.24. The third kappa shape index (κ3) is 4.85. The zero-order chi connectivity index (χ0) is 17.7. The summed E-state index contributed by atoms with van der Waals surface area (Å²) in [6.45, 7) is 7.92. The second kappa shape index (κ2) is 8.35. The predicted molar refractivity (Wildman–Crippen MR) is 92.6 cm³/mol. The number of ether oxygens (including phenoxy) is 3. The van der Waals surface area contributed by atoms with Crippen LogP contribution in [0.1, 0.15) is 32.4 Å². The van der Waals surface area contributed by atoms with Crippen molar-refractivity contribution in [2.24, 2.45) is 0 Å². The van der Waals surface area contributed by atoms with E-state index in [-0.39, 0.29) is 24.2 Å². The Kier molecular flexibility index (Phi) is 6.45. The van der Waals surface area contributed by atoms with Crippen molar-refractivity contribution in [3.63, 3.8) is 0 Å². The molecule has 0 aromatic heterocycles. The summed E-state index contributed by atoms with van der Waals surface area (Å²) in [6, 6.07) is 5.41. The van der Waals surface area contributed by atoms with Gasteiger partial charge in [0.1, 0.15) is 11.5 Å². The SMILES string of the molecule is COc1ccc(OC)c(C(C)NC(=O)CN2CC(C)OC(C)C2)c1. The molecular weight excluding hydrogens is 308 g/mol. The molecule has 1 fully saturated rings. The van der Waals surface area contributed by atoms with E-state index in [0.717, 1.165) is 30.2 Å². The van der Waals surface area contributed by atoms with Crippen molar-refractivity contribution in [2.45, 2.75) is 39.0 Å². The normalized spacial score (nSPS) is 22.7. The van der Waals surface area contributed by atoms with Crippen LogP contribution in [0.25, 0.3) is 0 Å². The Morgan fingerprint density at radius 3 is 2.54 bits per heavy atom. The summed E-state index contributed by atoms with van der Waals surface area (Å²) in [6.07, 6.45) is 0.301. The number of carbonyl (C=O) groups excluding carboxylic acids is 1. The molecule has 1 aliphatic rings. The van der Waals surface area contributed by atoms with Crippen LogP contribution in [0.2, 0.25) is 0 Å². The molecule has 0 radical (unpaired) electrons. The van der Waals surface area contributed by atoms with Crippen LogP contribution in [0.15, 0.2) is 18.2 Å². The third-order valence-electron chi connectivity index (χ3n) is 4.14. The molecule has 6 heteroatoms. The molecule has 3 atom stereocenters. The van der Waals surface area contributed by atoms with Crippen LogP contribution < -0.4 is 14.8 Å². The first kappa shape index (κ1) is 18.5. The van der Waals surface area contributed by atoms with E-state index >= 15 is 0 Å². The van der Waals surface area contributed by atoms with Crippen molar-refractivity contribution in [1.29, 1.82) is 0 Å². The van der Waals surface area contributed by atoms with E-state index in [0.29, 0.717) is 6.54 Å². The fourth-order valence-electron chi connectivity index (χ4n) is 3.16. The Morgan fingerprint density at radius 2 is 1.96 bits per heavy atom. The lowest BCUT2D eigenvalue weighted by Crippen LogP contribution is -2.49. The molecule has 1 N–H and O–H groups in total. The maximum absolute atomic E-state index is 12.4. The standard InChI is InChI=1S/C18H28N2O4/c1-12-9-20(10-13(2)24-12)11-18(21)19-14(3)16-8-15(22-4)6-7-17(16)23-5/h6-8,12-14H,9-11H2,1-5H3,(H,19,21). The summed E-state index contributed by atoms with van der Waals surface area (Å²) in [4.78, 5) is 14.5. The first-order chi connectivity index (χ1) is 11.4. The van der Waals surface area contributed by atoms with Crippen LogP contribution in [-0.2, 0) is 9.53 Å². The highest BCUT2D eigenvalue weighted by atomic mass is 16.5. The van der Waals surface area contributed by atoms with E-state index in [1.807, 2.05) is 39.0 Å². The van der Waals surface area contributed by atoms with Gasteiger partial charge in [-0.15, -0.1) is 0 Å². The molecule has 1 aromatic rings. The lowest BCUT2D eigenvalue weighted by atomic mass is 10.1. The number of nitrogens with one attached hydrogen (secondary N) is 1. The van der Waals surface area contributed by atoms with Gasteiger partial charge in [0.15, 0.2) is 0 Å². The third-order valence-corrected chi connectivity index (χ3v) is 4.14. The van der Waals surface area contributed by atoms with Gasteiger partial charge in [0.25, 0.3) is 0 Å². The van der Waals surface area contributed by atoms with Gasteiger partial charge in [0.2, 0.25) is 5.91 Å². The Bertz CT molecular complexity index is 554. The molecule has 0 bridgehead atoms. The molecular formula is C18H28N2O4. The molecule has 1 aliphatic heterocycles. The number of methoxy groups -OCH3 is 2. The molecule has 0 aliphatic carbocycles. The van der Waals surface area contributed by atoms with Crippen LogP contribution in [0.3, 0.4) is 0 Å². The monoisotopic (exact) mass is 336 g/mol. The second-order valence-corrected chi connectivity index (χ2v) is 6.35. The predicted octanol–water partition coefficient (Wildman–Crippen LogP) is 1.99. The number of carbonyl (C=O) groups is 1. The molecule has 3 unspecified atom stereocenters. The van der Waals surface area contributed by atoms with Gasteiger partial charge in [0, 0.05) is 18.7 Å². The van der Waals surface area contributed by atoms with E-state index in [2.05, 4.69) is 10.2 Å². The van der Waals surface area contributed by atoms with Crippen LogP contribution >= 0.6 is 0 Å². The van der Waals surface area contributed by atoms with Crippen molar-refractivity contribution in [3.8, 4) is 11.5 Å². The molecule has 0 spiro atoms. The summed E-state index contributed by atoms with van der Waals surface area (Å²) in [5, 5.41) is 3.04. The molecule has 6 nitrogen and oxygen atoms in total. The minimum Gasteiger partial charge on any atom is -0.497 e. The summed E-state index contributed by atoms with van der Waals surface area (Å²) >= 11 is 0. The van der Waals surface area contributed by atoms with Gasteiger partial charge in [0.05, 0.1) is 39.0 Å². The van der Waals surface area contributed by atoms with E-state index in [1.165, 1.54) is 0 Å². The molecule has 0 saturated carbocycles. The first-order valence-electron chi connectivity index (χ1n) is 8.32. The number of amides is 1. The lowest BCUT2D eigenvalue weighted by molar-refractivity contribution is -0.126. The molecule has 1 saturated heterocycles. The number of hydrogen-bond acceptors (Lipinski definition) is 5. The number of benzene rings is 1. The van der Waals surface area contributed by atoms with Crippen molar-refractivity contribution >= 4 is 5.91 Å². The molecule has 1 aromatic carbocycles. The summed E-state index contributed by atoms with van der Waals surface area (Å²) < 4.78 is 16.4. The Hall–Kier alpha value is -1.79. The maximum atomic E-state index is 12.4. The Morgan fingerprint density at radius 1 is 1.29 bits per heavy atom. The molecule has 2 rings (SSSR count). The van der Waals surface area contributed by atoms with Crippen LogP contribution in [0, 0.1) is 0 Å². The smallest absolute Gasteiger partial charge is 0.234 e. The van der Waals surface area contributed by atoms with Crippen molar-refractivity contribution in [3.05, 3.63) is 23.8 Å². The average molecular weight is 336 g/mol. The van der Waals surface area contributed by atoms with Gasteiger partial charge in [-0.25, -0.2) is 0 Å². The Balaban J connectivity index is 1.98. The summed E-state index contributed by atoms with van der Waals surface area (Å²) in [5.74, 6) is 1.47. The van der Waals surface area contributed by atoms with Crippen LogP contribution in [0.5, 0.6) is 11.5 Å². The van der Waals surface area contributed by atoms with Crippen molar-refractivity contribution in [1.82, 2.24) is 10.2 Å². The molecule has 1 heterocycles. The Labute approximate surface area is 144 Å². The van der Waals surface area contributed by atoms with E-state index in [4.69, 9.17) is 14.2 Å². The zero-order valence-electron chi connectivity index (χ0n) is 15.2. The topological polar surface area (TPSA) is 60.0 Å². The summed E-state index contributed by atoms with van der Waals surface area (Å²) in [5.41, 5.74) is 0.897. The van der Waals surface area contributed by atoms with E-state index in [1.54, 1.807) is 14.2 Å². The minimum atomic E-state index is -0.168. The first-order valence-corrected chi connectivity index (χ1v) is 8.32. The van der Waals surface area contributed by atoms with Crippen molar-refractivity contribution in [2.75, 3.05) is 33.9 Å². The van der Waals surface area contributed by atoms with Gasteiger partial charge in [-0.1, -0.05) is 0 Å². The lowest BCUT2D eigenvalue weighted by Gasteiger charge is -2.35. The molecule has 1 amide bonds. The number of hydrogen-bond donors (Lipinski definition) is 1. The zero-order valence-corrected chi connectivity index (χ0v) is 15.2. The van der Waals surface area contributed by atoms with Gasteiger partial charge in [-0.2, -0.15) is 0 Å². The van der Waals surface area contributed by atoms with Crippen LogP contribution in [-0.4, -0.2) is 56.9 Å². The fraction of sp³-hybridized carbons (Fsp3) is 0.611. The van der Waals surface area contributed by atoms with E-state index in [9.17, 15) is 4.79 Å². The van der Waals surface area contributed by atoms with Gasteiger partial charge in [-0.3, -0.25) is 9.69 Å². The van der Waals surface area contributed by atoms with Gasteiger partial charge < -0.3 is 19.5 Å². The highest BCUT2D eigenvalue weighted by molar-refractivity contribution is 5.78. The molecule has 134 valence electrons. The molecule has 24 heavy (non-hydrogen) atoms. The number of rotatable bonds is 6. The average Bonchev–Trinajstić information content (AvgIpc) is 2.52. The van der Waals surface area contributed by atoms with Crippen LogP contribution in [0.4, 0.5) is 0 Å². The highest BCUT2D eigenvalue weighted by Crippen LogP contribution is 2.29. The van der Waals surface area contributed by atoms with E-state index < -0.39 is 0 Å². The number of nitrogens with zero attached hydrogens (tertiary/aromatic N) is 1. The second-order valence-electron chi connectivity index (χ2n) is 6.35. The summed E-state index contributed by atoms with van der Waals surface area (Å²) in [7, 11) is 3.24. The van der Waals surface area contributed by atoms with Gasteiger partial charge in [-0.05, 0) is 39.0 Å². The fourth-order valence-corrected chi connectivity index (χ4v) is 3.16. The van der Waals surface area contributed by atoms with Crippen molar-refractivity contribution < 1.29 is 19.0 Å². The maximum Gasteiger partial charge on any atom is 0.234 e.